The van der Waals surface area contributed by atoms with E-state index in [4.69, 9.17) is 21.4 Å². The predicted molar refractivity (Wildman–Crippen MR) is 107 cm³/mol. The third kappa shape index (κ3) is 3.46. The van der Waals surface area contributed by atoms with Crippen molar-refractivity contribution in [2.24, 2.45) is 16.7 Å². The van der Waals surface area contributed by atoms with Crippen molar-refractivity contribution >= 4 is 50.5 Å². The van der Waals surface area contributed by atoms with Crippen molar-refractivity contribution < 1.29 is 18.8 Å². The van der Waals surface area contributed by atoms with Gasteiger partial charge < -0.3 is 14.1 Å². The van der Waals surface area contributed by atoms with Gasteiger partial charge in [-0.1, -0.05) is 71.3 Å². The number of amides is 1. The van der Waals surface area contributed by atoms with Crippen molar-refractivity contribution in [1.29, 1.82) is 0 Å². The van der Waals surface area contributed by atoms with E-state index in [1.54, 1.807) is 4.90 Å². The monoisotopic (exact) mass is 401 g/mol. The zero-order chi connectivity index (χ0) is 19.2. The summed E-state index contributed by atoms with van der Waals surface area (Å²) in [6, 6.07) is -0.769. The van der Waals surface area contributed by atoms with Crippen molar-refractivity contribution in [2.75, 3.05) is 6.61 Å². The fourth-order valence-corrected chi connectivity index (χ4v) is 7.57. The normalized spacial score (nSPS) is 27.7. The Kier molecular flexibility index (Phi) is 5.88. The quantitative estimate of drug-likeness (QED) is 0.222. The Labute approximate surface area is 162 Å². The lowest BCUT2D eigenvalue weighted by molar-refractivity contribution is -0.174. The molecular formula is C17H27NO4S2Si. The Morgan fingerprint density at radius 1 is 1.44 bits per heavy atom. The lowest BCUT2D eigenvalue weighted by atomic mass is 9.63. The number of thiocarbonyl (C=S) groups is 1. The van der Waals surface area contributed by atoms with Crippen LogP contribution in [0.5, 0.6) is 0 Å². The van der Waals surface area contributed by atoms with Crippen LogP contribution in [-0.2, 0) is 18.8 Å². The molecule has 2 saturated heterocycles. The van der Waals surface area contributed by atoms with Gasteiger partial charge in [0.05, 0.1) is 21.6 Å². The summed E-state index contributed by atoms with van der Waals surface area (Å²) in [5, 5.41) is -0.127. The Morgan fingerprint density at radius 2 is 2.04 bits per heavy atom. The molecule has 0 aromatic carbocycles. The number of carbonyl (C=O) groups excluding carboxylic acids is 2. The SMILES string of the molecule is C=CCOC(=O)C1C(=S)S[C@@H]2[C@@H](C(C)(C)C(O[SiH3])C(C)(C)C)C(=O)N12. The maximum Gasteiger partial charge on any atom is 0.335 e. The minimum atomic E-state index is -0.769. The summed E-state index contributed by atoms with van der Waals surface area (Å²) in [5.41, 5.74) is -0.446. The molecule has 2 heterocycles. The van der Waals surface area contributed by atoms with Gasteiger partial charge >= 0.3 is 5.97 Å². The van der Waals surface area contributed by atoms with E-state index in [1.807, 2.05) is 0 Å². The number of β-lactam (4-membered cyclic amide) rings is 1. The molecule has 0 spiro atoms. The highest BCUT2D eigenvalue weighted by atomic mass is 32.2. The first-order valence-electron chi connectivity index (χ1n) is 8.31. The summed E-state index contributed by atoms with van der Waals surface area (Å²) in [4.78, 5) is 26.8. The smallest absolute Gasteiger partial charge is 0.335 e. The van der Waals surface area contributed by atoms with Gasteiger partial charge in [-0.15, -0.1) is 0 Å². The van der Waals surface area contributed by atoms with Gasteiger partial charge in [0.25, 0.3) is 0 Å². The molecule has 2 rings (SSSR count). The largest absolute Gasteiger partial charge is 0.460 e. The standard InChI is InChI=1S/C17H27NO4S2Si/c1-7-8-21-13(20)10-14(23)24-12-9(11(19)18(10)12)17(5,6)15(22-25)16(2,3)4/h7,9-10,12,15H,1,8H2,2-6,25H3/t9-,10?,12+,15?/m0/s1. The van der Waals surface area contributed by atoms with Crippen LogP contribution in [-0.4, -0.2) is 55.6 Å². The van der Waals surface area contributed by atoms with E-state index in [-0.39, 0.29) is 40.7 Å². The van der Waals surface area contributed by atoms with E-state index in [0.717, 1.165) is 0 Å². The number of rotatable bonds is 6. The van der Waals surface area contributed by atoms with Gasteiger partial charge in [0.2, 0.25) is 5.91 Å². The first-order chi connectivity index (χ1) is 11.5. The minimum Gasteiger partial charge on any atom is -0.460 e. The van der Waals surface area contributed by atoms with E-state index in [2.05, 4.69) is 41.2 Å². The lowest BCUT2D eigenvalue weighted by Crippen LogP contribution is -2.68. The van der Waals surface area contributed by atoms with Crippen molar-refractivity contribution in [3.05, 3.63) is 12.7 Å². The van der Waals surface area contributed by atoms with Crippen LogP contribution in [0.1, 0.15) is 34.6 Å². The predicted octanol–water partition coefficient (Wildman–Crippen LogP) is 1.68. The Balaban J connectivity index is 2.24. The zero-order valence-corrected chi connectivity index (χ0v) is 19.3. The molecule has 4 atom stereocenters. The maximum absolute atomic E-state index is 13.0. The first kappa shape index (κ1) is 20.6. The third-order valence-corrected chi connectivity index (χ3v) is 7.06. The summed E-state index contributed by atoms with van der Waals surface area (Å²) >= 11 is 6.80. The average Bonchev–Trinajstić information content (AvgIpc) is 2.75. The molecule has 25 heavy (non-hydrogen) atoms. The molecule has 0 bridgehead atoms. The Hall–Kier alpha value is -0.703. The molecular weight excluding hydrogens is 374 g/mol. The van der Waals surface area contributed by atoms with Crippen LogP contribution >= 0.6 is 24.0 Å². The van der Waals surface area contributed by atoms with Crippen molar-refractivity contribution in [2.45, 2.75) is 52.1 Å². The van der Waals surface area contributed by atoms with Crippen LogP contribution in [0.25, 0.3) is 0 Å². The topological polar surface area (TPSA) is 55.8 Å². The maximum atomic E-state index is 13.0. The number of nitrogens with zero attached hydrogens (tertiary/aromatic N) is 1. The van der Waals surface area contributed by atoms with E-state index in [9.17, 15) is 9.59 Å². The van der Waals surface area contributed by atoms with Gasteiger partial charge in [0.1, 0.15) is 17.1 Å². The number of carbonyl (C=O) groups is 2. The molecule has 1 amide bonds. The van der Waals surface area contributed by atoms with Crippen LogP contribution in [0, 0.1) is 16.7 Å². The summed E-state index contributed by atoms with van der Waals surface area (Å²) in [5.74, 6) is -0.752. The van der Waals surface area contributed by atoms with Crippen LogP contribution < -0.4 is 0 Å². The van der Waals surface area contributed by atoms with Crippen molar-refractivity contribution in [1.82, 2.24) is 4.90 Å². The summed E-state index contributed by atoms with van der Waals surface area (Å²) in [7, 11) is 0.603. The molecule has 5 nitrogen and oxygen atoms in total. The van der Waals surface area contributed by atoms with Gasteiger partial charge in [-0.3, -0.25) is 4.79 Å². The second-order valence-electron chi connectivity index (χ2n) is 8.18. The zero-order valence-electron chi connectivity index (χ0n) is 15.7. The van der Waals surface area contributed by atoms with E-state index < -0.39 is 12.0 Å². The molecule has 0 radical (unpaired) electrons. The molecule has 2 aliphatic rings. The summed E-state index contributed by atoms with van der Waals surface area (Å²) < 4.78 is 11.5. The average molecular weight is 402 g/mol. The van der Waals surface area contributed by atoms with Crippen LogP contribution in [0.2, 0.25) is 0 Å². The first-order valence-corrected chi connectivity index (χ1v) is 10.4. The fourth-order valence-electron chi connectivity index (χ4n) is 4.23. The number of fused-ring (bicyclic) bond motifs is 1. The minimum absolute atomic E-state index is 0.0455. The fraction of sp³-hybridized carbons (Fsp3) is 0.706. The molecule has 8 heteroatoms. The molecule has 0 aromatic rings. The van der Waals surface area contributed by atoms with Gasteiger partial charge in [0.15, 0.2) is 6.04 Å². The number of hydrogen-bond acceptors (Lipinski definition) is 6. The van der Waals surface area contributed by atoms with Gasteiger partial charge in [-0.2, -0.15) is 0 Å². The second-order valence-corrected chi connectivity index (χ2v) is 10.5. The molecule has 2 aliphatic heterocycles. The number of hydrogen-bond donors (Lipinski definition) is 0. The van der Waals surface area contributed by atoms with E-state index in [1.165, 1.54) is 17.8 Å². The molecule has 0 N–H and O–H groups in total. The summed E-state index contributed by atoms with van der Waals surface area (Å²) in [6.45, 7) is 14.2. The van der Waals surface area contributed by atoms with E-state index in [0.29, 0.717) is 14.7 Å². The van der Waals surface area contributed by atoms with Crippen LogP contribution in [0.4, 0.5) is 0 Å². The summed E-state index contributed by atoms with van der Waals surface area (Å²) in [6.07, 6.45) is 1.45. The van der Waals surface area contributed by atoms with Gasteiger partial charge in [0, 0.05) is 5.41 Å². The number of esters is 1. The van der Waals surface area contributed by atoms with Crippen LogP contribution in [0.3, 0.4) is 0 Å². The lowest BCUT2D eigenvalue weighted by Gasteiger charge is -2.54. The highest BCUT2D eigenvalue weighted by Gasteiger charge is 2.65. The molecule has 0 saturated carbocycles. The van der Waals surface area contributed by atoms with Gasteiger partial charge in [-0.05, 0) is 5.41 Å². The number of thioether (sulfide) groups is 1. The molecule has 0 aliphatic carbocycles. The highest BCUT2D eigenvalue weighted by molar-refractivity contribution is 8.24. The van der Waals surface area contributed by atoms with Crippen molar-refractivity contribution in [3.63, 3.8) is 0 Å². The van der Waals surface area contributed by atoms with E-state index >= 15 is 0 Å². The Morgan fingerprint density at radius 3 is 2.52 bits per heavy atom. The molecule has 2 fully saturated rings. The molecule has 0 aromatic heterocycles. The number of ether oxygens (including phenoxy) is 1. The third-order valence-electron chi connectivity index (χ3n) is 4.88. The highest BCUT2D eigenvalue weighted by Crippen LogP contribution is 2.55. The van der Waals surface area contributed by atoms with Gasteiger partial charge in [-0.25, -0.2) is 4.79 Å². The molecule has 140 valence electrons. The Bertz CT molecular complexity index is 602. The van der Waals surface area contributed by atoms with Crippen molar-refractivity contribution in [3.8, 4) is 0 Å². The second kappa shape index (κ2) is 7.13. The van der Waals surface area contributed by atoms with Crippen LogP contribution in [0.15, 0.2) is 12.7 Å². The molecule has 2 unspecified atom stereocenters.